The predicted octanol–water partition coefficient (Wildman–Crippen LogP) is 2.06. The number of likely N-dealkylation sites (tertiary alicyclic amines) is 1. The molecule has 0 amide bonds. The summed E-state index contributed by atoms with van der Waals surface area (Å²) in [5.41, 5.74) is 2.65. The Hall–Kier alpha value is -1.63. The molecule has 2 N–H and O–H groups in total. The lowest BCUT2D eigenvalue weighted by Crippen LogP contribution is -2.48. The molecular formula is C22H37N5O. The van der Waals surface area contributed by atoms with Crippen molar-refractivity contribution in [1.82, 2.24) is 20.4 Å². The van der Waals surface area contributed by atoms with Gasteiger partial charge in [0.1, 0.15) is 0 Å². The molecule has 1 aromatic carbocycles. The summed E-state index contributed by atoms with van der Waals surface area (Å²) in [4.78, 5) is 9.42. The Morgan fingerprint density at radius 1 is 1.04 bits per heavy atom. The van der Waals surface area contributed by atoms with Crippen LogP contribution in [0.1, 0.15) is 37.3 Å². The van der Waals surface area contributed by atoms with Crippen molar-refractivity contribution in [2.75, 3.05) is 53.0 Å². The van der Waals surface area contributed by atoms with Gasteiger partial charge in [-0.1, -0.05) is 31.2 Å². The summed E-state index contributed by atoms with van der Waals surface area (Å²) < 4.78 is 5.42. The van der Waals surface area contributed by atoms with E-state index < -0.39 is 0 Å². The molecule has 6 nitrogen and oxygen atoms in total. The van der Waals surface area contributed by atoms with Gasteiger partial charge >= 0.3 is 0 Å². The second kappa shape index (κ2) is 11.4. The second-order valence-corrected chi connectivity index (χ2v) is 7.89. The smallest absolute Gasteiger partial charge is 0.191 e. The van der Waals surface area contributed by atoms with Gasteiger partial charge in [0, 0.05) is 52.4 Å². The van der Waals surface area contributed by atoms with Crippen LogP contribution in [-0.4, -0.2) is 74.8 Å². The van der Waals surface area contributed by atoms with E-state index >= 15 is 0 Å². The summed E-state index contributed by atoms with van der Waals surface area (Å²) in [6.45, 7) is 11.4. The highest BCUT2D eigenvalue weighted by Gasteiger charge is 2.19. The van der Waals surface area contributed by atoms with Crippen molar-refractivity contribution in [2.24, 2.45) is 4.99 Å². The lowest BCUT2D eigenvalue weighted by atomic mass is 10.1. The lowest BCUT2D eigenvalue weighted by molar-refractivity contribution is 0.0342. The molecule has 0 bridgehead atoms. The predicted molar refractivity (Wildman–Crippen MR) is 116 cm³/mol. The summed E-state index contributed by atoms with van der Waals surface area (Å²) in [6, 6.07) is 9.45. The van der Waals surface area contributed by atoms with Gasteiger partial charge in [-0.05, 0) is 36.9 Å². The van der Waals surface area contributed by atoms with E-state index in [-0.39, 0.29) is 0 Å². The number of rotatable bonds is 7. The number of morpholine rings is 1. The first-order valence-electron chi connectivity index (χ1n) is 10.8. The van der Waals surface area contributed by atoms with Crippen LogP contribution in [0.4, 0.5) is 0 Å². The monoisotopic (exact) mass is 387 g/mol. The molecule has 3 rings (SSSR count). The van der Waals surface area contributed by atoms with Crippen molar-refractivity contribution < 1.29 is 4.74 Å². The number of nitrogens with one attached hydrogen (secondary N) is 2. The van der Waals surface area contributed by atoms with Crippen LogP contribution in [0.3, 0.4) is 0 Å². The van der Waals surface area contributed by atoms with Crippen LogP contribution >= 0.6 is 0 Å². The van der Waals surface area contributed by atoms with Gasteiger partial charge < -0.3 is 20.3 Å². The maximum absolute atomic E-state index is 5.42. The van der Waals surface area contributed by atoms with E-state index in [2.05, 4.69) is 56.6 Å². The van der Waals surface area contributed by atoms with Crippen molar-refractivity contribution in [3.63, 3.8) is 0 Å². The quantitative estimate of drug-likeness (QED) is 0.554. The van der Waals surface area contributed by atoms with Crippen LogP contribution in [0.25, 0.3) is 0 Å². The van der Waals surface area contributed by atoms with E-state index in [0.717, 1.165) is 45.4 Å². The van der Waals surface area contributed by atoms with E-state index in [4.69, 9.17) is 4.74 Å². The summed E-state index contributed by atoms with van der Waals surface area (Å²) >= 11 is 0. The first-order valence-corrected chi connectivity index (χ1v) is 10.8. The molecule has 28 heavy (non-hydrogen) atoms. The summed E-state index contributed by atoms with van der Waals surface area (Å²) in [6.07, 6.45) is 3.63. The maximum atomic E-state index is 5.42. The molecule has 156 valence electrons. The van der Waals surface area contributed by atoms with Gasteiger partial charge in [-0.3, -0.25) is 9.89 Å². The normalized spacial score (nSPS) is 20.3. The van der Waals surface area contributed by atoms with Crippen molar-refractivity contribution >= 4 is 5.96 Å². The average Bonchev–Trinajstić information content (AvgIpc) is 2.74. The van der Waals surface area contributed by atoms with Crippen LogP contribution in [0.5, 0.6) is 0 Å². The first-order chi connectivity index (χ1) is 13.8. The molecule has 0 aliphatic carbocycles. The van der Waals surface area contributed by atoms with E-state index in [1.807, 2.05) is 7.05 Å². The Labute approximate surface area is 170 Å². The number of ether oxygens (including phenoxy) is 1. The highest BCUT2D eigenvalue weighted by Crippen LogP contribution is 2.11. The zero-order valence-electron chi connectivity index (χ0n) is 17.6. The lowest BCUT2D eigenvalue weighted by Gasteiger charge is -2.32. The highest BCUT2D eigenvalue weighted by molar-refractivity contribution is 5.79. The zero-order chi connectivity index (χ0) is 19.6. The van der Waals surface area contributed by atoms with Crippen molar-refractivity contribution in [2.45, 2.75) is 45.3 Å². The Morgan fingerprint density at radius 3 is 2.36 bits per heavy atom. The van der Waals surface area contributed by atoms with Gasteiger partial charge in [-0.25, -0.2) is 0 Å². The molecule has 0 radical (unpaired) electrons. The molecule has 2 saturated heterocycles. The number of benzene rings is 1. The number of piperidine rings is 1. The van der Waals surface area contributed by atoms with Gasteiger partial charge in [-0.2, -0.15) is 0 Å². The van der Waals surface area contributed by atoms with E-state index in [1.54, 1.807) is 0 Å². The standard InChI is InChI=1S/C22H37N5O/c1-3-10-26-11-8-21(9-12-26)25-22(23-2)24-17-19-4-6-20(7-5-19)18-27-13-15-28-16-14-27/h4-7,21H,3,8-18H2,1-2H3,(H2,23,24,25). The van der Waals surface area contributed by atoms with Crippen LogP contribution in [0, 0.1) is 0 Å². The van der Waals surface area contributed by atoms with Crippen molar-refractivity contribution in [1.29, 1.82) is 0 Å². The van der Waals surface area contributed by atoms with Gasteiger partial charge in [-0.15, -0.1) is 0 Å². The topological polar surface area (TPSA) is 52.1 Å². The number of hydrogen-bond donors (Lipinski definition) is 2. The Balaban J connectivity index is 1.40. The Kier molecular flexibility index (Phi) is 8.58. The molecule has 6 heteroatoms. The number of aliphatic imine (C=N–C) groups is 1. The maximum Gasteiger partial charge on any atom is 0.191 e. The molecule has 0 atom stereocenters. The summed E-state index contributed by atoms with van der Waals surface area (Å²) in [5, 5.41) is 7.07. The van der Waals surface area contributed by atoms with Crippen LogP contribution < -0.4 is 10.6 Å². The minimum Gasteiger partial charge on any atom is -0.379 e. The molecule has 0 aromatic heterocycles. The molecule has 0 unspecified atom stereocenters. The fourth-order valence-corrected chi connectivity index (χ4v) is 3.97. The van der Waals surface area contributed by atoms with E-state index in [9.17, 15) is 0 Å². The van der Waals surface area contributed by atoms with Crippen molar-refractivity contribution in [3.8, 4) is 0 Å². The van der Waals surface area contributed by atoms with Crippen molar-refractivity contribution in [3.05, 3.63) is 35.4 Å². The molecule has 2 heterocycles. The van der Waals surface area contributed by atoms with E-state index in [0.29, 0.717) is 6.04 Å². The molecule has 2 aliphatic rings. The third kappa shape index (κ3) is 6.76. The van der Waals surface area contributed by atoms with Crippen LogP contribution in [-0.2, 0) is 17.8 Å². The first kappa shape index (κ1) is 21.1. The van der Waals surface area contributed by atoms with Gasteiger partial charge in [0.25, 0.3) is 0 Å². The van der Waals surface area contributed by atoms with Gasteiger partial charge in [0.2, 0.25) is 0 Å². The minimum atomic E-state index is 0.523. The number of guanidine groups is 1. The number of hydrogen-bond acceptors (Lipinski definition) is 4. The third-order valence-electron chi connectivity index (χ3n) is 5.68. The SMILES string of the molecule is CCCN1CCC(NC(=NC)NCc2ccc(CN3CCOCC3)cc2)CC1. The van der Waals surface area contributed by atoms with Gasteiger partial charge in [0.05, 0.1) is 13.2 Å². The van der Waals surface area contributed by atoms with E-state index in [1.165, 1.54) is 50.0 Å². The second-order valence-electron chi connectivity index (χ2n) is 7.89. The Morgan fingerprint density at radius 2 is 1.71 bits per heavy atom. The number of nitrogens with zero attached hydrogens (tertiary/aromatic N) is 3. The molecule has 1 aromatic rings. The fraction of sp³-hybridized carbons (Fsp3) is 0.682. The molecular weight excluding hydrogens is 350 g/mol. The molecule has 2 aliphatic heterocycles. The fourth-order valence-electron chi connectivity index (χ4n) is 3.97. The largest absolute Gasteiger partial charge is 0.379 e. The highest BCUT2D eigenvalue weighted by atomic mass is 16.5. The Bertz CT molecular complexity index is 589. The average molecular weight is 388 g/mol. The molecule has 2 fully saturated rings. The molecule has 0 saturated carbocycles. The molecule has 0 spiro atoms. The van der Waals surface area contributed by atoms with Gasteiger partial charge in [0.15, 0.2) is 5.96 Å². The summed E-state index contributed by atoms with van der Waals surface area (Å²) in [7, 11) is 1.85. The van der Waals surface area contributed by atoms with Crippen LogP contribution in [0.2, 0.25) is 0 Å². The summed E-state index contributed by atoms with van der Waals surface area (Å²) in [5.74, 6) is 0.909. The third-order valence-corrected chi connectivity index (χ3v) is 5.68. The zero-order valence-corrected chi connectivity index (χ0v) is 17.6. The minimum absolute atomic E-state index is 0.523. The van der Waals surface area contributed by atoms with Crippen LogP contribution in [0.15, 0.2) is 29.3 Å².